The van der Waals surface area contributed by atoms with Crippen molar-refractivity contribution in [3.63, 3.8) is 0 Å². The van der Waals surface area contributed by atoms with E-state index in [2.05, 4.69) is 5.10 Å². The minimum atomic E-state index is 0.159. The lowest BCUT2D eigenvalue weighted by molar-refractivity contribution is -0.131. The number of benzene rings is 2. The van der Waals surface area contributed by atoms with Crippen LogP contribution in [0, 0.1) is 0 Å². The second-order valence-corrected chi connectivity index (χ2v) is 7.88. The molecule has 3 heterocycles. The molecule has 0 saturated heterocycles. The Morgan fingerprint density at radius 1 is 1.03 bits per heavy atom. The van der Waals surface area contributed by atoms with Gasteiger partial charge in [-0.15, -0.1) is 0 Å². The van der Waals surface area contributed by atoms with E-state index in [9.17, 15) is 4.79 Å². The molecule has 1 aliphatic heterocycles. The second-order valence-electron chi connectivity index (χ2n) is 7.88. The fourth-order valence-electron chi connectivity index (χ4n) is 4.20. The van der Waals surface area contributed by atoms with E-state index in [1.807, 2.05) is 76.6 Å². The Balaban J connectivity index is 1.34. The predicted molar refractivity (Wildman–Crippen MR) is 119 cm³/mol. The van der Waals surface area contributed by atoms with Gasteiger partial charge in [-0.25, -0.2) is 9.67 Å². The molecule has 6 heteroatoms. The Kier molecular flexibility index (Phi) is 5.12. The fraction of sp³-hybridized carbons (Fsp3) is 0.240. The summed E-state index contributed by atoms with van der Waals surface area (Å²) in [5.74, 6) is 1.000. The van der Waals surface area contributed by atoms with Gasteiger partial charge in [-0.2, -0.15) is 5.10 Å². The number of hydrogen-bond acceptors (Lipinski definition) is 4. The average Bonchev–Trinajstić information content (AvgIpc) is 3.23. The smallest absolute Gasteiger partial charge is 0.227 e. The number of amides is 1. The third-order valence-electron chi connectivity index (χ3n) is 5.90. The van der Waals surface area contributed by atoms with Gasteiger partial charge in [0, 0.05) is 24.7 Å². The van der Waals surface area contributed by atoms with Crippen molar-refractivity contribution in [2.45, 2.75) is 25.9 Å². The molecule has 2 aromatic carbocycles. The fourth-order valence-corrected chi connectivity index (χ4v) is 4.20. The maximum Gasteiger partial charge on any atom is 0.227 e. The first-order valence-electron chi connectivity index (χ1n) is 10.5. The van der Waals surface area contributed by atoms with Gasteiger partial charge in [0.2, 0.25) is 5.91 Å². The zero-order valence-electron chi connectivity index (χ0n) is 17.5. The summed E-state index contributed by atoms with van der Waals surface area (Å²) in [6, 6.07) is 17.9. The minimum Gasteiger partial charge on any atom is -0.497 e. The van der Waals surface area contributed by atoms with Gasteiger partial charge in [0.25, 0.3) is 0 Å². The summed E-state index contributed by atoms with van der Waals surface area (Å²) in [5.41, 5.74) is 5.45. The summed E-state index contributed by atoms with van der Waals surface area (Å²) in [6.07, 6.45) is 5.08. The van der Waals surface area contributed by atoms with Gasteiger partial charge in [0.1, 0.15) is 5.75 Å². The number of ether oxygens (including phenoxy) is 1. The third-order valence-corrected chi connectivity index (χ3v) is 5.90. The quantitative estimate of drug-likeness (QED) is 0.502. The first-order chi connectivity index (χ1) is 15.2. The number of aromatic nitrogens is 3. The molecule has 4 aromatic rings. The van der Waals surface area contributed by atoms with E-state index in [0.717, 1.165) is 46.4 Å². The van der Waals surface area contributed by atoms with Crippen molar-refractivity contribution in [3.8, 4) is 5.75 Å². The Morgan fingerprint density at radius 3 is 2.61 bits per heavy atom. The van der Waals surface area contributed by atoms with Crippen LogP contribution in [0.15, 0.2) is 67.0 Å². The van der Waals surface area contributed by atoms with E-state index < -0.39 is 0 Å². The van der Waals surface area contributed by atoms with Crippen LogP contribution in [0.3, 0.4) is 0 Å². The van der Waals surface area contributed by atoms with Crippen molar-refractivity contribution < 1.29 is 9.53 Å². The molecule has 2 aromatic heterocycles. The molecule has 6 nitrogen and oxygen atoms in total. The van der Waals surface area contributed by atoms with Gasteiger partial charge in [-0.05, 0) is 40.8 Å². The standard InChI is InChI=1S/C25H24N4O2/c1-31-21-9-7-19(8-10-21)16-29-25-23(15-27-29)22-11-12-28(17-20(22)14-26-25)24(30)13-18-5-3-2-4-6-18/h2-10,14-15H,11-13,16-17H2,1H3. The van der Waals surface area contributed by atoms with Gasteiger partial charge in [0.15, 0.2) is 5.65 Å². The highest BCUT2D eigenvalue weighted by molar-refractivity contribution is 5.82. The molecule has 1 aliphatic rings. The Bertz CT molecular complexity index is 1220. The van der Waals surface area contributed by atoms with Crippen molar-refractivity contribution in [2.75, 3.05) is 13.7 Å². The van der Waals surface area contributed by atoms with Crippen LogP contribution >= 0.6 is 0 Å². The van der Waals surface area contributed by atoms with Crippen LogP contribution in [0.1, 0.15) is 22.3 Å². The van der Waals surface area contributed by atoms with Crippen LogP contribution < -0.4 is 4.74 Å². The molecular formula is C25H24N4O2. The topological polar surface area (TPSA) is 60.2 Å². The number of carbonyl (C=O) groups excluding carboxylic acids is 1. The summed E-state index contributed by atoms with van der Waals surface area (Å²) in [6.45, 7) is 1.98. The summed E-state index contributed by atoms with van der Waals surface area (Å²) in [7, 11) is 1.67. The van der Waals surface area contributed by atoms with Gasteiger partial charge >= 0.3 is 0 Å². The van der Waals surface area contributed by atoms with Crippen molar-refractivity contribution in [1.29, 1.82) is 0 Å². The van der Waals surface area contributed by atoms with E-state index in [1.165, 1.54) is 5.56 Å². The van der Waals surface area contributed by atoms with Crippen molar-refractivity contribution in [2.24, 2.45) is 0 Å². The van der Waals surface area contributed by atoms with E-state index in [-0.39, 0.29) is 5.91 Å². The number of carbonyl (C=O) groups is 1. The normalized spacial score (nSPS) is 13.3. The zero-order chi connectivity index (χ0) is 21.2. The maximum atomic E-state index is 12.8. The highest BCUT2D eigenvalue weighted by Crippen LogP contribution is 2.27. The molecular weight excluding hydrogens is 388 g/mol. The number of rotatable bonds is 5. The summed E-state index contributed by atoms with van der Waals surface area (Å²) in [4.78, 5) is 19.4. The number of methoxy groups -OCH3 is 1. The van der Waals surface area contributed by atoms with Gasteiger partial charge < -0.3 is 9.64 Å². The van der Waals surface area contributed by atoms with Gasteiger partial charge in [-0.1, -0.05) is 42.5 Å². The number of pyridine rings is 1. The Morgan fingerprint density at radius 2 is 1.84 bits per heavy atom. The zero-order valence-corrected chi connectivity index (χ0v) is 17.5. The van der Waals surface area contributed by atoms with Crippen LogP contribution in [0.2, 0.25) is 0 Å². The lowest BCUT2D eigenvalue weighted by Crippen LogP contribution is -2.37. The van der Waals surface area contributed by atoms with Gasteiger partial charge in [-0.3, -0.25) is 4.79 Å². The van der Waals surface area contributed by atoms with Gasteiger partial charge in [0.05, 0.1) is 26.3 Å². The van der Waals surface area contributed by atoms with Crippen molar-refractivity contribution >= 4 is 16.9 Å². The average molecular weight is 412 g/mol. The summed E-state index contributed by atoms with van der Waals surface area (Å²) >= 11 is 0. The lowest BCUT2D eigenvalue weighted by atomic mass is 9.98. The van der Waals surface area contributed by atoms with Crippen LogP contribution in [0.25, 0.3) is 11.0 Å². The maximum absolute atomic E-state index is 12.8. The molecule has 5 rings (SSSR count). The van der Waals surface area contributed by atoms with E-state index in [0.29, 0.717) is 19.5 Å². The molecule has 0 aliphatic carbocycles. The molecule has 0 atom stereocenters. The number of fused-ring (bicyclic) bond motifs is 3. The van der Waals surface area contributed by atoms with E-state index in [4.69, 9.17) is 9.72 Å². The predicted octanol–water partition coefficient (Wildman–Crippen LogP) is 3.62. The van der Waals surface area contributed by atoms with Crippen LogP contribution in [0.5, 0.6) is 5.75 Å². The first-order valence-corrected chi connectivity index (χ1v) is 10.5. The van der Waals surface area contributed by atoms with E-state index >= 15 is 0 Å². The second kappa shape index (κ2) is 8.22. The molecule has 0 N–H and O–H groups in total. The molecule has 1 amide bonds. The number of hydrogen-bond donors (Lipinski definition) is 0. The van der Waals surface area contributed by atoms with Crippen molar-refractivity contribution in [1.82, 2.24) is 19.7 Å². The van der Waals surface area contributed by atoms with E-state index in [1.54, 1.807) is 7.11 Å². The summed E-state index contributed by atoms with van der Waals surface area (Å²) < 4.78 is 7.17. The van der Waals surface area contributed by atoms with Crippen LogP contribution in [-0.4, -0.2) is 39.2 Å². The number of nitrogens with zero attached hydrogens (tertiary/aromatic N) is 4. The third kappa shape index (κ3) is 3.89. The molecule has 0 radical (unpaired) electrons. The minimum absolute atomic E-state index is 0.159. The molecule has 0 fully saturated rings. The first kappa shape index (κ1) is 19.3. The Hall–Kier alpha value is -3.67. The highest BCUT2D eigenvalue weighted by Gasteiger charge is 2.23. The Labute approximate surface area is 181 Å². The molecule has 0 bridgehead atoms. The largest absolute Gasteiger partial charge is 0.497 e. The molecule has 156 valence electrons. The van der Waals surface area contributed by atoms with Crippen LogP contribution in [-0.2, 0) is 30.7 Å². The molecule has 31 heavy (non-hydrogen) atoms. The monoisotopic (exact) mass is 412 g/mol. The van der Waals surface area contributed by atoms with Crippen molar-refractivity contribution in [3.05, 3.63) is 89.2 Å². The lowest BCUT2D eigenvalue weighted by Gasteiger charge is -2.29. The molecule has 0 unspecified atom stereocenters. The molecule has 0 spiro atoms. The van der Waals surface area contributed by atoms with Crippen LogP contribution in [0.4, 0.5) is 0 Å². The summed E-state index contributed by atoms with van der Waals surface area (Å²) in [5, 5.41) is 5.68. The SMILES string of the molecule is COc1ccc(Cn2ncc3c4c(cnc32)CN(C(=O)Cc2ccccc2)CC4)cc1. The molecule has 0 saturated carbocycles. The highest BCUT2D eigenvalue weighted by atomic mass is 16.5.